The Morgan fingerprint density at radius 2 is 2.00 bits per heavy atom. The lowest BCUT2D eigenvalue weighted by molar-refractivity contribution is 0.0599. The summed E-state index contributed by atoms with van der Waals surface area (Å²) in [6.07, 6.45) is 0.495. The summed E-state index contributed by atoms with van der Waals surface area (Å²) in [6.45, 7) is -0.0210. The van der Waals surface area contributed by atoms with Crippen LogP contribution < -0.4 is 10.3 Å². The summed E-state index contributed by atoms with van der Waals surface area (Å²) in [4.78, 5) is 29.7. The summed E-state index contributed by atoms with van der Waals surface area (Å²) in [5.41, 5.74) is 1.92. The predicted octanol–water partition coefficient (Wildman–Crippen LogP) is 3.35. The van der Waals surface area contributed by atoms with Crippen molar-refractivity contribution in [2.24, 2.45) is 0 Å². The van der Waals surface area contributed by atoms with Gasteiger partial charge in [-0.3, -0.25) is 9.36 Å². The molecule has 2 aromatic heterocycles. The number of hydrogen-bond acceptors (Lipinski definition) is 7. The number of ether oxygens (including phenoxy) is 2. The number of aliphatic hydroxyl groups excluding tert-OH is 1. The van der Waals surface area contributed by atoms with Crippen molar-refractivity contribution in [3.8, 4) is 16.9 Å². The second kappa shape index (κ2) is 9.11. The summed E-state index contributed by atoms with van der Waals surface area (Å²) in [5, 5.41) is 12.9. The Bertz CT molecular complexity index is 1270. The van der Waals surface area contributed by atoms with E-state index in [4.69, 9.17) is 9.47 Å². The van der Waals surface area contributed by atoms with Gasteiger partial charge in [-0.15, -0.1) is 11.3 Å². The summed E-state index contributed by atoms with van der Waals surface area (Å²) in [6, 6.07) is 16.2. The number of methoxy groups -OCH3 is 1. The van der Waals surface area contributed by atoms with Crippen LogP contribution in [0.3, 0.4) is 0 Å². The van der Waals surface area contributed by atoms with Crippen LogP contribution >= 0.6 is 11.3 Å². The molecule has 0 unspecified atom stereocenters. The predicted molar refractivity (Wildman–Crippen MR) is 119 cm³/mol. The Morgan fingerprint density at radius 3 is 2.77 bits per heavy atom. The molecule has 0 amide bonds. The number of carbonyl (C=O) groups is 1. The zero-order chi connectivity index (χ0) is 21.8. The van der Waals surface area contributed by atoms with Gasteiger partial charge in [0.05, 0.1) is 30.9 Å². The molecule has 1 atom stereocenters. The van der Waals surface area contributed by atoms with Crippen LogP contribution in [0.25, 0.3) is 21.3 Å². The third-order valence-electron chi connectivity index (χ3n) is 4.75. The number of aliphatic hydroxyl groups is 1. The second-order valence-corrected chi connectivity index (χ2v) is 7.74. The van der Waals surface area contributed by atoms with E-state index in [0.717, 1.165) is 11.1 Å². The third kappa shape index (κ3) is 4.50. The topological polar surface area (TPSA) is 90.7 Å². The molecule has 7 nitrogen and oxygen atoms in total. The Morgan fingerprint density at radius 1 is 1.19 bits per heavy atom. The number of aromatic nitrogens is 2. The van der Waals surface area contributed by atoms with Crippen LogP contribution in [0.1, 0.15) is 10.4 Å². The van der Waals surface area contributed by atoms with E-state index < -0.39 is 12.1 Å². The molecule has 0 saturated heterocycles. The van der Waals surface area contributed by atoms with Gasteiger partial charge in [-0.1, -0.05) is 36.4 Å². The summed E-state index contributed by atoms with van der Waals surface area (Å²) >= 11 is 1.41. The summed E-state index contributed by atoms with van der Waals surface area (Å²) in [7, 11) is 1.30. The van der Waals surface area contributed by atoms with E-state index in [9.17, 15) is 14.7 Å². The van der Waals surface area contributed by atoms with Gasteiger partial charge in [0.2, 0.25) is 0 Å². The first-order valence-electron chi connectivity index (χ1n) is 9.58. The SMILES string of the molecule is COC(=O)c1cccc(OC[C@H](O)Cn2cnc3scc(-c4ccccc4)c3c2=O)c1. The van der Waals surface area contributed by atoms with E-state index in [2.05, 4.69) is 4.98 Å². The number of benzene rings is 2. The van der Waals surface area contributed by atoms with Crippen molar-refractivity contribution >= 4 is 27.5 Å². The fourth-order valence-electron chi connectivity index (χ4n) is 3.23. The van der Waals surface area contributed by atoms with Crippen LogP contribution in [-0.4, -0.2) is 40.4 Å². The van der Waals surface area contributed by atoms with Gasteiger partial charge in [-0.05, 0) is 23.8 Å². The molecule has 4 rings (SSSR count). The first-order chi connectivity index (χ1) is 15.1. The zero-order valence-electron chi connectivity index (χ0n) is 16.7. The van der Waals surface area contributed by atoms with E-state index in [1.807, 2.05) is 35.7 Å². The van der Waals surface area contributed by atoms with E-state index >= 15 is 0 Å². The number of nitrogens with zero attached hydrogens (tertiary/aromatic N) is 2. The average Bonchev–Trinajstić information content (AvgIpc) is 3.25. The smallest absolute Gasteiger partial charge is 0.337 e. The molecule has 0 fully saturated rings. The fraction of sp³-hybridized carbons (Fsp3) is 0.174. The monoisotopic (exact) mass is 436 g/mol. The lowest BCUT2D eigenvalue weighted by Gasteiger charge is -2.14. The zero-order valence-corrected chi connectivity index (χ0v) is 17.5. The molecule has 0 radical (unpaired) electrons. The number of esters is 1. The van der Waals surface area contributed by atoms with Gasteiger partial charge in [-0.2, -0.15) is 0 Å². The standard InChI is InChI=1S/C23H20N2O5S/c1-29-23(28)16-8-5-9-18(10-16)30-12-17(26)11-25-14-24-21-20(22(25)27)19(13-31-21)15-6-3-2-4-7-15/h2-10,13-14,17,26H,11-12H2,1H3/t17-/m1/s1. The molecular weight excluding hydrogens is 416 g/mol. The lowest BCUT2D eigenvalue weighted by Crippen LogP contribution is -2.30. The van der Waals surface area contributed by atoms with Crippen molar-refractivity contribution in [3.63, 3.8) is 0 Å². The molecule has 8 heteroatoms. The minimum atomic E-state index is -0.947. The molecule has 4 aromatic rings. The molecule has 0 saturated carbocycles. The Balaban J connectivity index is 1.50. The normalized spacial score (nSPS) is 11.9. The molecule has 1 N–H and O–H groups in total. The first-order valence-corrected chi connectivity index (χ1v) is 10.5. The highest BCUT2D eigenvalue weighted by Crippen LogP contribution is 2.30. The maximum Gasteiger partial charge on any atom is 0.337 e. The molecule has 0 aliphatic carbocycles. The van der Waals surface area contributed by atoms with Gasteiger partial charge in [0.1, 0.15) is 23.3 Å². The molecule has 0 bridgehead atoms. The van der Waals surface area contributed by atoms with Crippen molar-refractivity contribution < 1.29 is 19.4 Å². The molecule has 158 valence electrons. The molecule has 2 heterocycles. The van der Waals surface area contributed by atoms with Crippen LogP contribution in [-0.2, 0) is 11.3 Å². The van der Waals surface area contributed by atoms with Crippen molar-refractivity contribution in [1.82, 2.24) is 9.55 Å². The minimum absolute atomic E-state index is 0.0303. The Hall–Kier alpha value is -3.49. The van der Waals surface area contributed by atoms with Gasteiger partial charge in [0.25, 0.3) is 5.56 Å². The van der Waals surface area contributed by atoms with E-state index in [1.165, 1.54) is 35.4 Å². The number of fused-ring (bicyclic) bond motifs is 1. The minimum Gasteiger partial charge on any atom is -0.491 e. The number of hydrogen-bond donors (Lipinski definition) is 1. The number of carbonyl (C=O) groups excluding carboxylic acids is 1. The summed E-state index contributed by atoms with van der Waals surface area (Å²) in [5.74, 6) is -0.0472. The molecule has 31 heavy (non-hydrogen) atoms. The van der Waals surface area contributed by atoms with Crippen LogP contribution in [0.2, 0.25) is 0 Å². The van der Waals surface area contributed by atoms with Crippen molar-refractivity contribution in [2.75, 3.05) is 13.7 Å². The maximum absolute atomic E-state index is 13.1. The maximum atomic E-state index is 13.1. The van der Waals surface area contributed by atoms with Gasteiger partial charge in [0.15, 0.2) is 0 Å². The van der Waals surface area contributed by atoms with E-state index in [1.54, 1.807) is 18.2 Å². The van der Waals surface area contributed by atoms with Crippen molar-refractivity contribution in [1.29, 1.82) is 0 Å². The second-order valence-electron chi connectivity index (χ2n) is 6.88. The van der Waals surface area contributed by atoms with Gasteiger partial charge in [-0.25, -0.2) is 9.78 Å². The third-order valence-corrected chi connectivity index (χ3v) is 5.64. The Kier molecular flexibility index (Phi) is 6.11. The van der Waals surface area contributed by atoms with Crippen molar-refractivity contribution in [2.45, 2.75) is 12.6 Å². The first kappa shape index (κ1) is 20.8. The number of thiophene rings is 1. The van der Waals surface area contributed by atoms with Crippen LogP contribution in [0.4, 0.5) is 0 Å². The van der Waals surface area contributed by atoms with E-state index in [0.29, 0.717) is 21.5 Å². The highest BCUT2D eigenvalue weighted by molar-refractivity contribution is 7.17. The van der Waals surface area contributed by atoms with E-state index in [-0.39, 0.29) is 18.7 Å². The Labute approximate surface area is 182 Å². The van der Waals surface area contributed by atoms with Crippen LogP contribution in [0, 0.1) is 0 Å². The summed E-state index contributed by atoms with van der Waals surface area (Å²) < 4.78 is 11.7. The lowest BCUT2D eigenvalue weighted by atomic mass is 10.1. The quantitative estimate of drug-likeness (QED) is 0.447. The largest absolute Gasteiger partial charge is 0.491 e. The molecule has 0 aliphatic rings. The molecular formula is C23H20N2O5S. The average molecular weight is 436 g/mol. The van der Waals surface area contributed by atoms with Crippen molar-refractivity contribution in [3.05, 3.63) is 82.2 Å². The van der Waals surface area contributed by atoms with Gasteiger partial charge >= 0.3 is 5.97 Å². The van der Waals surface area contributed by atoms with Crippen LogP contribution in [0.5, 0.6) is 5.75 Å². The van der Waals surface area contributed by atoms with Crippen LogP contribution in [0.15, 0.2) is 71.1 Å². The molecule has 0 aliphatic heterocycles. The van der Waals surface area contributed by atoms with Gasteiger partial charge < -0.3 is 14.6 Å². The number of rotatable bonds is 7. The van der Waals surface area contributed by atoms with Gasteiger partial charge in [0, 0.05) is 10.9 Å². The fourth-order valence-corrected chi connectivity index (χ4v) is 4.14. The highest BCUT2D eigenvalue weighted by Gasteiger charge is 2.15. The molecule has 2 aromatic carbocycles. The highest BCUT2D eigenvalue weighted by atomic mass is 32.1. The molecule has 0 spiro atoms.